The van der Waals surface area contributed by atoms with Crippen LogP contribution in [0.2, 0.25) is 0 Å². The number of hydrogen-bond donors (Lipinski definition) is 2. The minimum Gasteiger partial charge on any atom is -0.394 e. The Labute approximate surface area is 117 Å². The molecule has 1 atom stereocenters. The topological polar surface area (TPSA) is 61.3 Å². The van der Waals surface area contributed by atoms with Gasteiger partial charge in [-0.05, 0) is 26.8 Å². The second-order valence-electron chi connectivity index (χ2n) is 4.62. The van der Waals surface area contributed by atoms with Gasteiger partial charge in [0.25, 0.3) is 0 Å². The molecule has 6 heteroatoms. The summed E-state index contributed by atoms with van der Waals surface area (Å²) in [7, 11) is 1.95. The number of fused-ring (bicyclic) bond motifs is 1. The van der Waals surface area contributed by atoms with Gasteiger partial charge in [-0.25, -0.2) is 4.98 Å². The molecule has 0 aliphatic heterocycles. The number of anilines is 2. The Kier molecular flexibility index (Phi) is 4.21. The van der Waals surface area contributed by atoms with Crippen molar-refractivity contribution in [1.29, 1.82) is 0 Å². The van der Waals surface area contributed by atoms with Crippen LogP contribution in [0.3, 0.4) is 0 Å². The molecule has 0 amide bonds. The Balaban J connectivity index is 2.55. The van der Waals surface area contributed by atoms with Crippen molar-refractivity contribution in [3.63, 3.8) is 0 Å². The summed E-state index contributed by atoms with van der Waals surface area (Å²) in [5.74, 6) is 1.51. The van der Waals surface area contributed by atoms with Crippen LogP contribution in [0.1, 0.15) is 18.7 Å². The molecular weight excluding hydrogens is 260 g/mol. The SMILES string of the molecule is CCNc1nc(N(C)C(C)CO)c2cc(C)sc2n1. The van der Waals surface area contributed by atoms with Crippen molar-refractivity contribution in [2.45, 2.75) is 26.8 Å². The number of aliphatic hydroxyl groups excluding tert-OH is 1. The zero-order valence-electron chi connectivity index (χ0n) is 11.8. The molecule has 2 aromatic rings. The molecule has 0 bridgehead atoms. The monoisotopic (exact) mass is 280 g/mol. The van der Waals surface area contributed by atoms with Crippen LogP contribution in [0.15, 0.2) is 6.07 Å². The highest BCUT2D eigenvalue weighted by Crippen LogP contribution is 2.31. The third kappa shape index (κ3) is 2.79. The van der Waals surface area contributed by atoms with Crippen molar-refractivity contribution in [3.05, 3.63) is 10.9 Å². The first-order valence-corrected chi connectivity index (χ1v) is 7.24. The van der Waals surface area contributed by atoms with E-state index in [1.165, 1.54) is 4.88 Å². The van der Waals surface area contributed by atoms with Gasteiger partial charge in [0.05, 0.1) is 18.0 Å². The minimum absolute atomic E-state index is 0.0211. The number of aliphatic hydroxyl groups is 1. The van der Waals surface area contributed by atoms with Crippen LogP contribution in [-0.2, 0) is 0 Å². The highest BCUT2D eigenvalue weighted by atomic mass is 32.1. The maximum atomic E-state index is 9.32. The molecule has 2 rings (SSSR count). The lowest BCUT2D eigenvalue weighted by atomic mass is 10.2. The molecule has 0 aromatic carbocycles. The second-order valence-corrected chi connectivity index (χ2v) is 5.85. The molecule has 1 unspecified atom stereocenters. The number of likely N-dealkylation sites (N-methyl/N-ethyl adjacent to an activating group) is 1. The lowest BCUT2D eigenvalue weighted by Crippen LogP contribution is -2.32. The number of nitrogens with zero attached hydrogens (tertiary/aromatic N) is 3. The summed E-state index contributed by atoms with van der Waals surface area (Å²) in [5, 5.41) is 13.5. The lowest BCUT2D eigenvalue weighted by molar-refractivity contribution is 0.270. The summed E-state index contributed by atoms with van der Waals surface area (Å²) >= 11 is 1.66. The average molecular weight is 280 g/mol. The molecule has 0 radical (unpaired) electrons. The largest absolute Gasteiger partial charge is 0.394 e. The van der Waals surface area contributed by atoms with Crippen LogP contribution in [-0.4, -0.2) is 41.3 Å². The van der Waals surface area contributed by atoms with Crippen LogP contribution in [0.25, 0.3) is 10.2 Å². The van der Waals surface area contributed by atoms with Gasteiger partial charge in [0.1, 0.15) is 10.6 Å². The molecular formula is C13H20N4OS. The molecule has 0 saturated carbocycles. The second kappa shape index (κ2) is 5.71. The van der Waals surface area contributed by atoms with Crippen molar-refractivity contribution in [2.24, 2.45) is 0 Å². The number of rotatable bonds is 5. The van der Waals surface area contributed by atoms with Gasteiger partial charge in [-0.2, -0.15) is 4.98 Å². The van der Waals surface area contributed by atoms with Crippen LogP contribution in [0.5, 0.6) is 0 Å². The van der Waals surface area contributed by atoms with E-state index in [2.05, 4.69) is 28.3 Å². The lowest BCUT2D eigenvalue weighted by Gasteiger charge is -2.25. The highest BCUT2D eigenvalue weighted by Gasteiger charge is 2.17. The van der Waals surface area contributed by atoms with E-state index < -0.39 is 0 Å². The van der Waals surface area contributed by atoms with Crippen LogP contribution < -0.4 is 10.2 Å². The van der Waals surface area contributed by atoms with Gasteiger partial charge < -0.3 is 15.3 Å². The molecule has 104 valence electrons. The van der Waals surface area contributed by atoms with E-state index in [0.29, 0.717) is 5.95 Å². The summed E-state index contributed by atoms with van der Waals surface area (Å²) in [4.78, 5) is 13.3. The van der Waals surface area contributed by atoms with Crippen molar-refractivity contribution in [3.8, 4) is 0 Å². The first-order valence-electron chi connectivity index (χ1n) is 6.42. The predicted molar refractivity (Wildman–Crippen MR) is 81.3 cm³/mol. The third-order valence-corrected chi connectivity index (χ3v) is 4.03. The highest BCUT2D eigenvalue weighted by molar-refractivity contribution is 7.18. The Bertz CT molecular complexity index is 569. The van der Waals surface area contributed by atoms with Crippen molar-refractivity contribution >= 4 is 33.3 Å². The zero-order valence-corrected chi connectivity index (χ0v) is 12.6. The third-order valence-electron chi connectivity index (χ3n) is 3.09. The fourth-order valence-electron chi connectivity index (χ4n) is 1.86. The van der Waals surface area contributed by atoms with Crippen molar-refractivity contribution in [2.75, 3.05) is 30.4 Å². The standard InChI is InChI=1S/C13H20N4OS/c1-5-14-13-15-11(17(4)8(2)7-18)10-6-9(3)19-12(10)16-13/h6,8,18H,5,7H2,1-4H3,(H,14,15,16). The Morgan fingerprint density at radius 2 is 2.21 bits per heavy atom. The minimum atomic E-state index is 0.0211. The van der Waals surface area contributed by atoms with Gasteiger partial charge in [0.15, 0.2) is 0 Å². The quantitative estimate of drug-likeness (QED) is 0.879. The Morgan fingerprint density at radius 1 is 1.47 bits per heavy atom. The van der Waals surface area contributed by atoms with Crippen molar-refractivity contribution < 1.29 is 5.11 Å². The summed E-state index contributed by atoms with van der Waals surface area (Å²) in [6.07, 6.45) is 0. The van der Waals surface area contributed by atoms with E-state index in [1.54, 1.807) is 11.3 Å². The molecule has 2 N–H and O–H groups in total. The van der Waals surface area contributed by atoms with Crippen LogP contribution >= 0.6 is 11.3 Å². The number of nitrogens with one attached hydrogen (secondary N) is 1. The Hall–Kier alpha value is -1.40. The van der Waals surface area contributed by atoms with Gasteiger partial charge in [0, 0.05) is 18.5 Å². The molecule has 19 heavy (non-hydrogen) atoms. The molecule has 2 heterocycles. The zero-order chi connectivity index (χ0) is 14.0. The van der Waals surface area contributed by atoms with Gasteiger partial charge >= 0.3 is 0 Å². The van der Waals surface area contributed by atoms with Crippen LogP contribution in [0.4, 0.5) is 11.8 Å². The molecule has 0 aliphatic rings. The maximum Gasteiger partial charge on any atom is 0.226 e. The first-order chi connectivity index (χ1) is 9.06. The normalized spacial score (nSPS) is 12.7. The predicted octanol–water partition coefficient (Wildman–Crippen LogP) is 2.25. The summed E-state index contributed by atoms with van der Waals surface area (Å²) in [6.45, 7) is 6.95. The number of aromatic nitrogens is 2. The summed E-state index contributed by atoms with van der Waals surface area (Å²) in [6, 6.07) is 2.12. The Morgan fingerprint density at radius 3 is 2.84 bits per heavy atom. The number of thiophene rings is 1. The summed E-state index contributed by atoms with van der Waals surface area (Å²) in [5.41, 5.74) is 0. The smallest absolute Gasteiger partial charge is 0.226 e. The van der Waals surface area contributed by atoms with Gasteiger partial charge in [0.2, 0.25) is 5.95 Å². The fraction of sp³-hybridized carbons (Fsp3) is 0.538. The van der Waals surface area contributed by atoms with E-state index in [-0.39, 0.29) is 12.6 Å². The molecule has 5 nitrogen and oxygen atoms in total. The first kappa shape index (κ1) is 14.0. The maximum absolute atomic E-state index is 9.32. The van der Waals surface area contributed by atoms with Crippen LogP contribution in [0, 0.1) is 6.92 Å². The number of hydrogen-bond acceptors (Lipinski definition) is 6. The molecule has 0 spiro atoms. The van der Waals surface area contributed by atoms with Gasteiger partial charge in [-0.15, -0.1) is 11.3 Å². The number of aryl methyl sites for hydroxylation is 1. The molecule has 0 aliphatic carbocycles. The van der Waals surface area contributed by atoms with Crippen molar-refractivity contribution in [1.82, 2.24) is 9.97 Å². The van der Waals surface area contributed by atoms with E-state index in [9.17, 15) is 5.11 Å². The van der Waals surface area contributed by atoms with E-state index in [4.69, 9.17) is 0 Å². The van der Waals surface area contributed by atoms with E-state index >= 15 is 0 Å². The van der Waals surface area contributed by atoms with E-state index in [1.807, 2.05) is 25.8 Å². The fourth-order valence-corrected chi connectivity index (χ4v) is 2.74. The molecule has 0 fully saturated rings. The van der Waals surface area contributed by atoms with E-state index in [0.717, 1.165) is 22.6 Å². The average Bonchev–Trinajstić information content (AvgIpc) is 2.76. The molecule has 2 aromatic heterocycles. The summed E-state index contributed by atoms with van der Waals surface area (Å²) < 4.78 is 0. The van der Waals surface area contributed by atoms with Gasteiger partial charge in [-0.3, -0.25) is 0 Å². The van der Waals surface area contributed by atoms with Gasteiger partial charge in [-0.1, -0.05) is 0 Å². The molecule has 0 saturated heterocycles.